The second-order valence-corrected chi connectivity index (χ2v) is 8.01. The van der Waals surface area contributed by atoms with Crippen LogP contribution in [0.25, 0.3) is 0 Å². The molecule has 0 unspecified atom stereocenters. The van der Waals surface area contributed by atoms with Crippen molar-refractivity contribution in [1.29, 1.82) is 0 Å². The smallest absolute Gasteiger partial charge is 0.115 e. The van der Waals surface area contributed by atoms with Crippen molar-refractivity contribution in [1.82, 2.24) is 0 Å². The van der Waals surface area contributed by atoms with Gasteiger partial charge in [-0.15, -0.1) is 0 Å². The van der Waals surface area contributed by atoms with Crippen molar-refractivity contribution in [2.24, 2.45) is 5.10 Å². The normalized spacial score (nSPS) is 10.9. The molecule has 0 amide bonds. The molecule has 0 radical (unpaired) electrons. The lowest BCUT2D eigenvalue weighted by atomic mass is 10.1. The summed E-state index contributed by atoms with van der Waals surface area (Å²) in [7, 11) is 0. The number of para-hydroxylation sites is 3. The standard InChI is InChI=1S/C31H25N3O/c35-31-22-20-28(21-23-31)33(26-10-4-1-5-11-26)27-18-16-25(17-19-27)24-32-34(29-12-6-2-7-13-29)30-14-8-3-9-15-30/h1-24,35H/b32-24+. The summed E-state index contributed by atoms with van der Waals surface area (Å²) in [4.78, 5) is 2.15. The van der Waals surface area contributed by atoms with Crippen LogP contribution in [0, 0.1) is 0 Å². The number of hydrazone groups is 1. The Labute approximate surface area is 205 Å². The number of phenols is 1. The largest absolute Gasteiger partial charge is 0.508 e. The van der Waals surface area contributed by atoms with Gasteiger partial charge in [0.1, 0.15) is 5.75 Å². The number of aromatic hydroxyl groups is 1. The molecule has 1 N–H and O–H groups in total. The Balaban J connectivity index is 1.45. The zero-order valence-corrected chi connectivity index (χ0v) is 19.1. The van der Waals surface area contributed by atoms with Gasteiger partial charge in [0, 0.05) is 17.1 Å². The molecule has 4 nitrogen and oxygen atoms in total. The van der Waals surface area contributed by atoms with Gasteiger partial charge in [-0.25, -0.2) is 5.01 Å². The van der Waals surface area contributed by atoms with Gasteiger partial charge >= 0.3 is 0 Å². The summed E-state index contributed by atoms with van der Waals surface area (Å²) in [6.07, 6.45) is 1.87. The molecule has 0 aliphatic rings. The van der Waals surface area contributed by atoms with Crippen molar-refractivity contribution in [3.8, 4) is 5.75 Å². The summed E-state index contributed by atoms with van der Waals surface area (Å²) in [5, 5.41) is 16.5. The van der Waals surface area contributed by atoms with Crippen molar-refractivity contribution >= 4 is 34.7 Å². The molecule has 0 bridgehead atoms. The molecule has 0 atom stereocenters. The van der Waals surface area contributed by atoms with E-state index in [4.69, 9.17) is 5.10 Å². The van der Waals surface area contributed by atoms with E-state index in [9.17, 15) is 5.11 Å². The van der Waals surface area contributed by atoms with Gasteiger partial charge in [0.25, 0.3) is 0 Å². The van der Waals surface area contributed by atoms with Gasteiger partial charge in [0.15, 0.2) is 0 Å². The van der Waals surface area contributed by atoms with E-state index in [1.165, 1.54) is 0 Å². The molecule has 0 aromatic heterocycles. The summed E-state index contributed by atoms with van der Waals surface area (Å²) in [5.74, 6) is 0.245. The van der Waals surface area contributed by atoms with Crippen molar-refractivity contribution in [3.63, 3.8) is 0 Å². The first-order valence-electron chi connectivity index (χ1n) is 11.5. The SMILES string of the molecule is Oc1ccc(N(c2ccccc2)c2ccc(/C=N/N(c3ccccc3)c3ccccc3)cc2)cc1. The number of hydrogen-bond donors (Lipinski definition) is 1. The van der Waals surface area contributed by atoms with Crippen LogP contribution in [0.1, 0.15) is 5.56 Å². The van der Waals surface area contributed by atoms with E-state index in [0.717, 1.165) is 34.0 Å². The Morgan fingerprint density at radius 3 is 1.34 bits per heavy atom. The number of hydrogen-bond acceptors (Lipinski definition) is 4. The van der Waals surface area contributed by atoms with Crippen LogP contribution < -0.4 is 9.91 Å². The number of rotatable bonds is 7. The molecule has 5 rings (SSSR count). The van der Waals surface area contributed by atoms with Crippen LogP contribution in [0.2, 0.25) is 0 Å². The van der Waals surface area contributed by atoms with Crippen LogP contribution in [0.3, 0.4) is 0 Å². The number of anilines is 5. The summed E-state index contributed by atoms with van der Waals surface area (Å²) in [5.41, 5.74) is 6.00. The average Bonchev–Trinajstić information content (AvgIpc) is 2.93. The average molecular weight is 456 g/mol. The van der Waals surface area contributed by atoms with Crippen LogP contribution in [0.15, 0.2) is 145 Å². The van der Waals surface area contributed by atoms with Gasteiger partial charge < -0.3 is 10.0 Å². The quantitative estimate of drug-likeness (QED) is 0.199. The minimum atomic E-state index is 0.245. The molecule has 0 spiro atoms. The highest BCUT2D eigenvalue weighted by Crippen LogP contribution is 2.35. The molecule has 0 saturated heterocycles. The fourth-order valence-electron chi connectivity index (χ4n) is 3.88. The molecular formula is C31H25N3O. The van der Waals surface area contributed by atoms with Crippen molar-refractivity contribution in [2.75, 3.05) is 9.91 Å². The maximum Gasteiger partial charge on any atom is 0.115 e. The summed E-state index contributed by atoms with van der Waals surface area (Å²) in [6.45, 7) is 0. The second kappa shape index (κ2) is 10.4. The minimum Gasteiger partial charge on any atom is -0.508 e. The summed E-state index contributed by atoms with van der Waals surface area (Å²) >= 11 is 0. The van der Waals surface area contributed by atoms with Gasteiger partial charge in [-0.05, 0) is 78.4 Å². The Hall–Kier alpha value is -4.83. The van der Waals surface area contributed by atoms with E-state index in [2.05, 4.69) is 41.3 Å². The molecule has 0 saturated carbocycles. The lowest BCUT2D eigenvalue weighted by Gasteiger charge is -2.25. The maximum absolute atomic E-state index is 9.75. The van der Waals surface area contributed by atoms with E-state index >= 15 is 0 Å². The van der Waals surface area contributed by atoms with Gasteiger partial charge in [-0.1, -0.05) is 66.7 Å². The summed E-state index contributed by atoms with van der Waals surface area (Å²) in [6, 6.07) is 45.9. The van der Waals surface area contributed by atoms with E-state index in [1.807, 2.05) is 102 Å². The van der Waals surface area contributed by atoms with E-state index in [1.54, 1.807) is 12.1 Å². The minimum absolute atomic E-state index is 0.245. The third-order valence-corrected chi connectivity index (χ3v) is 5.60. The van der Waals surface area contributed by atoms with Crippen LogP contribution in [0.5, 0.6) is 5.75 Å². The highest BCUT2D eigenvalue weighted by Gasteiger charge is 2.12. The first-order valence-corrected chi connectivity index (χ1v) is 11.5. The Bertz CT molecular complexity index is 1330. The summed E-state index contributed by atoms with van der Waals surface area (Å²) < 4.78 is 0. The van der Waals surface area contributed by atoms with Crippen molar-refractivity contribution in [3.05, 3.63) is 145 Å². The highest BCUT2D eigenvalue weighted by molar-refractivity contribution is 5.84. The van der Waals surface area contributed by atoms with Crippen LogP contribution in [-0.4, -0.2) is 11.3 Å². The van der Waals surface area contributed by atoms with Gasteiger partial charge in [0.2, 0.25) is 0 Å². The molecule has 5 aromatic carbocycles. The predicted octanol–water partition coefficient (Wildman–Crippen LogP) is 8.03. The van der Waals surface area contributed by atoms with Crippen LogP contribution in [0.4, 0.5) is 28.4 Å². The topological polar surface area (TPSA) is 39.1 Å². The van der Waals surface area contributed by atoms with Gasteiger partial charge in [-0.3, -0.25) is 0 Å². The third-order valence-electron chi connectivity index (χ3n) is 5.60. The van der Waals surface area contributed by atoms with Crippen molar-refractivity contribution in [2.45, 2.75) is 0 Å². The van der Waals surface area contributed by atoms with E-state index in [0.29, 0.717) is 0 Å². The molecule has 0 aliphatic carbocycles. The van der Waals surface area contributed by atoms with Crippen LogP contribution >= 0.6 is 0 Å². The zero-order chi connectivity index (χ0) is 23.9. The molecular weight excluding hydrogens is 430 g/mol. The molecule has 0 heterocycles. The molecule has 5 aromatic rings. The molecule has 0 fully saturated rings. The van der Waals surface area contributed by atoms with E-state index < -0.39 is 0 Å². The first kappa shape index (κ1) is 22.0. The van der Waals surface area contributed by atoms with Crippen molar-refractivity contribution < 1.29 is 5.11 Å². The highest BCUT2D eigenvalue weighted by atomic mass is 16.3. The second-order valence-electron chi connectivity index (χ2n) is 8.01. The Morgan fingerprint density at radius 1 is 0.457 bits per heavy atom. The molecule has 4 heteroatoms. The fraction of sp³-hybridized carbons (Fsp3) is 0. The van der Waals surface area contributed by atoms with Crippen LogP contribution in [-0.2, 0) is 0 Å². The maximum atomic E-state index is 9.75. The molecule has 170 valence electrons. The number of phenolic OH excluding ortho intramolecular Hbond substituents is 1. The fourth-order valence-corrected chi connectivity index (χ4v) is 3.88. The predicted molar refractivity (Wildman–Crippen MR) is 145 cm³/mol. The lowest BCUT2D eigenvalue weighted by Crippen LogP contribution is -2.10. The van der Waals surface area contributed by atoms with Gasteiger partial charge in [0.05, 0.1) is 17.6 Å². The first-order chi connectivity index (χ1) is 17.3. The lowest BCUT2D eigenvalue weighted by molar-refractivity contribution is 0.475. The Kier molecular flexibility index (Phi) is 6.54. The van der Waals surface area contributed by atoms with E-state index in [-0.39, 0.29) is 5.75 Å². The van der Waals surface area contributed by atoms with Gasteiger partial charge in [-0.2, -0.15) is 5.10 Å². The molecule has 35 heavy (non-hydrogen) atoms. The zero-order valence-electron chi connectivity index (χ0n) is 19.1. The number of benzene rings is 5. The Morgan fingerprint density at radius 2 is 0.857 bits per heavy atom. The molecule has 0 aliphatic heterocycles. The number of nitrogens with zero attached hydrogens (tertiary/aromatic N) is 3. The monoisotopic (exact) mass is 455 g/mol. The third kappa shape index (κ3) is 5.23.